The topological polar surface area (TPSA) is 138 Å². The average molecular weight is 837 g/mol. The maximum Gasteiger partial charge on any atom is 0.280 e. The number of carbonyl (C=O) groups is 3. The van der Waals surface area contributed by atoms with Crippen molar-refractivity contribution in [2.24, 2.45) is 0 Å². The molecule has 260 valence electrons. The summed E-state index contributed by atoms with van der Waals surface area (Å²) in [6, 6.07) is 21.6. The number of rotatable bonds is 11. The standard InChI is InChI=1S/C37H29Br2ClN4O7/c1-20(45)25(14-21-15-30(49-2)33(51-4)31(16-21)50-3)36(47)43-44-34(42-32-26(37(44)48)18-24(38)19-27(32)39)29(17-23-12-8-9-13-28(23)40)41-35(46)22-10-6-5-7-11-22/h5-19H,1-4H3,(H,41,46)(H,43,47)/b25-14-,29-17-. The van der Waals surface area contributed by atoms with Crippen LogP contribution in [0.2, 0.25) is 5.02 Å². The SMILES string of the molecule is COc1cc(/C=C(/C(C)=O)C(=O)Nn2c(/C(=C/c3ccccc3Cl)NC(=O)c3ccccc3)nc3c(Br)cc(Br)cc3c2=O)cc(OC)c1OC. The van der Waals surface area contributed by atoms with Gasteiger partial charge in [-0.2, -0.15) is 4.68 Å². The Morgan fingerprint density at radius 2 is 1.51 bits per heavy atom. The summed E-state index contributed by atoms with van der Waals surface area (Å²) in [4.78, 5) is 59.6. The fourth-order valence-electron chi connectivity index (χ4n) is 5.03. The Morgan fingerprint density at radius 1 is 0.863 bits per heavy atom. The summed E-state index contributed by atoms with van der Waals surface area (Å²) in [6.45, 7) is 1.21. The van der Waals surface area contributed by atoms with Gasteiger partial charge in [0.15, 0.2) is 23.1 Å². The van der Waals surface area contributed by atoms with E-state index in [0.717, 1.165) is 4.68 Å². The lowest BCUT2D eigenvalue weighted by atomic mass is 10.1. The number of Topliss-reactive ketones (excluding diaryl/α,β-unsaturated/α-hetero) is 1. The first-order valence-corrected chi connectivity index (χ1v) is 17.0. The van der Waals surface area contributed by atoms with Crippen LogP contribution in [0.25, 0.3) is 28.8 Å². The van der Waals surface area contributed by atoms with Gasteiger partial charge in [0, 0.05) is 19.5 Å². The summed E-state index contributed by atoms with van der Waals surface area (Å²) in [5.74, 6) is -1.34. The predicted molar refractivity (Wildman–Crippen MR) is 204 cm³/mol. The van der Waals surface area contributed by atoms with E-state index in [2.05, 4.69) is 42.6 Å². The van der Waals surface area contributed by atoms with E-state index in [4.69, 9.17) is 30.8 Å². The normalized spacial score (nSPS) is 11.6. The van der Waals surface area contributed by atoms with Gasteiger partial charge < -0.3 is 19.5 Å². The summed E-state index contributed by atoms with van der Waals surface area (Å²) in [7, 11) is 4.32. The number of hydrogen-bond acceptors (Lipinski definition) is 8. The Kier molecular flexibility index (Phi) is 11.8. The van der Waals surface area contributed by atoms with E-state index >= 15 is 0 Å². The zero-order valence-electron chi connectivity index (χ0n) is 27.5. The lowest BCUT2D eigenvalue weighted by Gasteiger charge is -2.19. The molecule has 0 aliphatic carbocycles. The van der Waals surface area contributed by atoms with Crippen molar-refractivity contribution in [3.8, 4) is 17.2 Å². The van der Waals surface area contributed by atoms with Crippen LogP contribution in [0.5, 0.6) is 17.2 Å². The maximum atomic E-state index is 14.3. The summed E-state index contributed by atoms with van der Waals surface area (Å²) >= 11 is 13.4. The van der Waals surface area contributed by atoms with Crippen molar-refractivity contribution in [2.75, 3.05) is 26.8 Å². The Bertz CT molecular complexity index is 2280. The Balaban J connectivity index is 1.73. The van der Waals surface area contributed by atoms with Crippen LogP contribution in [0, 0.1) is 0 Å². The number of carbonyl (C=O) groups excluding carboxylic acids is 3. The molecule has 0 saturated carbocycles. The zero-order valence-corrected chi connectivity index (χ0v) is 31.5. The van der Waals surface area contributed by atoms with Crippen molar-refractivity contribution in [3.05, 3.63) is 131 Å². The van der Waals surface area contributed by atoms with Gasteiger partial charge in [0.2, 0.25) is 5.75 Å². The van der Waals surface area contributed by atoms with Crippen LogP contribution < -0.4 is 30.5 Å². The number of nitrogens with one attached hydrogen (secondary N) is 2. The molecule has 0 aliphatic heterocycles. The van der Waals surface area contributed by atoms with Gasteiger partial charge in [0.25, 0.3) is 17.4 Å². The van der Waals surface area contributed by atoms with Gasteiger partial charge in [0.1, 0.15) is 0 Å². The molecule has 5 aromatic rings. The van der Waals surface area contributed by atoms with E-state index in [9.17, 15) is 19.2 Å². The Morgan fingerprint density at radius 3 is 2.12 bits per heavy atom. The molecule has 2 N–H and O–H groups in total. The highest BCUT2D eigenvalue weighted by Gasteiger charge is 2.24. The Labute approximate surface area is 314 Å². The number of aromatic nitrogens is 2. The molecular formula is C37H29Br2ClN4O7. The van der Waals surface area contributed by atoms with Gasteiger partial charge in [-0.1, -0.05) is 63.9 Å². The van der Waals surface area contributed by atoms with E-state index in [-0.39, 0.29) is 28.0 Å². The molecule has 0 bridgehead atoms. The second kappa shape index (κ2) is 16.2. The molecule has 0 aliphatic rings. The Hall–Kier alpha value is -5.24. The van der Waals surface area contributed by atoms with Crippen molar-refractivity contribution < 1.29 is 28.6 Å². The molecule has 11 nitrogen and oxygen atoms in total. The molecule has 51 heavy (non-hydrogen) atoms. The molecular weight excluding hydrogens is 808 g/mol. The fraction of sp³-hybridized carbons (Fsp3) is 0.108. The minimum Gasteiger partial charge on any atom is -0.493 e. The number of halogens is 3. The second-order valence-electron chi connectivity index (χ2n) is 10.8. The van der Waals surface area contributed by atoms with Gasteiger partial charge in [0.05, 0.1) is 43.5 Å². The number of amides is 2. The van der Waals surface area contributed by atoms with E-state index in [1.54, 1.807) is 78.9 Å². The molecule has 1 heterocycles. The molecule has 0 radical (unpaired) electrons. The quantitative estimate of drug-likeness (QED) is 0.0806. The minimum atomic E-state index is -0.943. The summed E-state index contributed by atoms with van der Waals surface area (Å²) < 4.78 is 18.1. The van der Waals surface area contributed by atoms with Crippen molar-refractivity contribution >= 4 is 89.8 Å². The highest BCUT2D eigenvalue weighted by atomic mass is 79.9. The smallest absolute Gasteiger partial charge is 0.280 e. The van der Waals surface area contributed by atoms with Crippen molar-refractivity contribution in [2.45, 2.75) is 6.92 Å². The number of methoxy groups -OCH3 is 3. The molecule has 0 unspecified atom stereocenters. The van der Waals surface area contributed by atoms with E-state index in [0.29, 0.717) is 47.9 Å². The van der Waals surface area contributed by atoms with Crippen LogP contribution >= 0.6 is 43.5 Å². The fourth-order valence-corrected chi connectivity index (χ4v) is 6.53. The van der Waals surface area contributed by atoms with Crippen molar-refractivity contribution in [1.82, 2.24) is 15.0 Å². The van der Waals surface area contributed by atoms with E-state index in [1.165, 1.54) is 40.4 Å². The largest absolute Gasteiger partial charge is 0.493 e. The lowest BCUT2D eigenvalue weighted by Crippen LogP contribution is -2.39. The van der Waals surface area contributed by atoms with Crippen LogP contribution in [0.15, 0.2) is 98.2 Å². The molecule has 0 fully saturated rings. The van der Waals surface area contributed by atoms with Crippen LogP contribution in [-0.2, 0) is 9.59 Å². The van der Waals surface area contributed by atoms with Gasteiger partial charge in [-0.3, -0.25) is 24.6 Å². The number of benzene rings is 4. The first kappa shape index (κ1) is 37.0. The lowest BCUT2D eigenvalue weighted by molar-refractivity contribution is -0.119. The molecule has 0 saturated heterocycles. The van der Waals surface area contributed by atoms with Gasteiger partial charge in [-0.25, -0.2) is 4.98 Å². The summed E-state index contributed by atoms with van der Waals surface area (Å²) in [6.07, 6.45) is 2.86. The molecule has 2 amide bonds. The van der Waals surface area contributed by atoms with Crippen LogP contribution in [0.4, 0.5) is 0 Å². The van der Waals surface area contributed by atoms with Crippen molar-refractivity contribution in [1.29, 1.82) is 0 Å². The molecule has 0 spiro atoms. The van der Waals surface area contributed by atoms with Crippen molar-refractivity contribution in [3.63, 3.8) is 0 Å². The number of ketones is 1. The maximum absolute atomic E-state index is 14.3. The number of nitrogens with zero attached hydrogens (tertiary/aromatic N) is 2. The highest BCUT2D eigenvalue weighted by molar-refractivity contribution is 9.11. The molecule has 5 rings (SSSR count). The number of fused-ring (bicyclic) bond motifs is 1. The molecule has 1 aromatic heterocycles. The van der Waals surface area contributed by atoms with E-state index in [1.807, 2.05) is 0 Å². The third-order valence-electron chi connectivity index (χ3n) is 7.46. The number of hydrogen-bond donors (Lipinski definition) is 2. The van der Waals surface area contributed by atoms with Gasteiger partial charge in [-0.15, -0.1) is 0 Å². The molecule has 4 aromatic carbocycles. The monoisotopic (exact) mass is 834 g/mol. The predicted octanol–water partition coefficient (Wildman–Crippen LogP) is 7.27. The summed E-state index contributed by atoms with van der Waals surface area (Å²) in [5, 5.41) is 3.30. The van der Waals surface area contributed by atoms with Crippen LogP contribution in [0.1, 0.15) is 34.2 Å². The third-order valence-corrected chi connectivity index (χ3v) is 8.86. The van der Waals surface area contributed by atoms with Crippen LogP contribution in [-0.4, -0.2) is 48.6 Å². The first-order chi connectivity index (χ1) is 24.4. The minimum absolute atomic E-state index is 0.0176. The average Bonchev–Trinajstić information content (AvgIpc) is 3.12. The number of ether oxygens (including phenoxy) is 3. The highest BCUT2D eigenvalue weighted by Crippen LogP contribution is 2.39. The summed E-state index contributed by atoms with van der Waals surface area (Å²) in [5.41, 5.74) is 2.96. The third kappa shape index (κ3) is 8.22. The second-order valence-corrected chi connectivity index (χ2v) is 13.0. The molecule has 14 heteroatoms. The van der Waals surface area contributed by atoms with Crippen LogP contribution in [0.3, 0.4) is 0 Å². The van der Waals surface area contributed by atoms with E-state index < -0.39 is 23.2 Å². The zero-order chi connectivity index (χ0) is 36.8. The van der Waals surface area contributed by atoms with Gasteiger partial charge in [-0.05, 0) is 88.6 Å². The molecule has 0 atom stereocenters. The first-order valence-electron chi connectivity index (χ1n) is 15.0. The van der Waals surface area contributed by atoms with Gasteiger partial charge >= 0.3 is 0 Å².